The Bertz CT molecular complexity index is 158. The van der Waals surface area contributed by atoms with Crippen LogP contribution in [-0.2, 0) is 14.4 Å². The molecule has 0 amide bonds. The van der Waals surface area contributed by atoms with E-state index in [2.05, 4.69) is 0 Å². The highest BCUT2D eigenvalue weighted by Crippen LogP contribution is 1.79. The summed E-state index contributed by atoms with van der Waals surface area (Å²) in [5.74, 6) is -4.84. The maximum atomic E-state index is 9.91. The van der Waals surface area contributed by atoms with Crippen LogP contribution in [0.2, 0.25) is 0 Å². The topological polar surface area (TPSA) is 94.5 Å². The summed E-state index contributed by atoms with van der Waals surface area (Å²) < 4.78 is 0. The van der Waals surface area contributed by atoms with Crippen LogP contribution in [0.3, 0.4) is 0 Å². The van der Waals surface area contributed by atoms with Crippen LogP contribution in [-0.4, -0.2) is 22.8 Å². The lowest BCUT2D eigenvalue weighted by Crippen LogP contribution is -2.32. The molecule has 50 valence electrons. The van der Waals surface area contributed by atoms with Crippen LogP contribution in [0.5, 0.6) is 0 Å². The highest BCUT2D eigenvalue weighted by molar-refractivity contribution is 6.34. The first kappa shape index (κ1) is 7.61. The lowest BCUT2D eigenvalue weighted by atomic mass is 10.3. The minimum atomic E-state index is -1.96. The molecule has 0 unspecified atom stereocenters. The van der Waals surface area contributed by atoms with Crippen molar-refractivity contribution in [1.29, 1.82) is 0 Å². The molecular weight excluding hydrogens is 128 g/mol. The molecule has 0 aromatic heterocycles. The van der Waals surface area contributed by atoms with Crippen molar-refractivity contribution in [2.45, 2.75) is 6.42 Å². The fraction of sp³-hybridized carbons (Fsp3) is 0.250. The Hall–Kier alpha value is -1.39. The monoisotopic (exact) mass is 131 g/mol. The van der Waals surface area contributed by atoms with Crippen molar-refractivity contribution in [1.82, 2.24) is 0 Å². The maximum absolute atomic E-state index is 9.91. The zero-order chi connectivity index (χ0) is 7.44. The zero-order valence-electron chi connectivity index (χ0n) is 4.29. The van der Waals surface area contributed by atoms with E-state index in [1.54, 1.807) is 0 Å². The Kier molecular flexibility index (Phi) is 2.37. The molecule has 0 aliphatic rings. The van der Waals surface area contributed by atoms with E-state index in [1.165, 1.54) is 0 Å². The number of hydrogen-bond acceptors (Lipinski definition) is 4. The van der Waals surface area contributed by atoms with Gasteiger partial charge in [0.05, 0.1) is 0 Å². The quantitative estimate of drug-likeness (QED) is 0.345. The summed E-state index contributed by atoms with van der Waals surface area (Å²) in [5, 5.41) is 17.3. The third-order valence-corrected chi connectivity index (χ3v) is 0.539. The van der Waals surface area contributed by atoms with Crippen molar-refractivity contribution in [2.75, 3.05) is 0 Å². The second-order valence-corrected chi connectivity index (χ2v) is 1.28. The fourth-order valence-corrected chi connectivity index (χ4v) is 0.210. The largest absolute Gasteiger partial charge is 0.542 e. The summed E-state index contributed by atoms with van der Waals surface area (Å²) in [7, 11) is 0. The first-order valence-electron chi connectivity index (χ1n) is 2.00. The third-order valence-electron chi connectivity index (χ3n) is 0.539. The van der Waals surface area contributed by atoms with Gasteiger partial charge in [0.25, 0.3) is 0 Å². The normalized spacial score (nSPS) is 8.44. The molecule has 0 bridgehead atoms. The molecule has 0 rings (SSSR count). The van der Waals surface area contributed by atoms with Gasteiger partial charge in [-0.25, -0.2) is 0 Å². The first-order valence-corrected chi connectivity index (χ1v) is 2.00. The summed E-state index contributed by atoms with van der Waals surface area (Å²) in [6, 6.07) is 0. The minimum absolute atomic E-state index is 1.01. The number of carboxylic acid groups (broad SMARTS) is 2. The fourth-order valence-electron chi connectivity index (χ4n) is 0.210. The number of carbonyl (C=O) groups excluding carboxylic acids is 2. The predicted molar refractivity (Wildman–Crippen MR) is 22.3 cm³/mol. The Morgan fingerprint density at radius 3 is 1.89 bits per heavy atom. The van der Waals surface area contributed by atoms with Crippen LogP contribution in [0.4, 0.5) is 0 Å². The number of aliphatic carboxylic acids is 2. The van der Waals surface area contributed by atoms with Crippen LogP contribution in [0.15, 0.2) is 0 Å². The summed E-state index contributed by atoms with van der Waals surface area (Å²) >= 11 is 0. The summed E-state index contributed by atoms with van der Waals surface area (Å²) in [4.78, 5) is 29.0. The van der Waals surface area contributed by atoms with E-state index in [1.807, 2.05) is 0 Å². The number of rotatable bonds is 3. The van der Waals surface area contributed by atoms with Gasteiger partial charge in [-0.3, -0.25) is 9.59 Å². The molecule has 0 spiro atoms. The average molecular weight is 131 g/mol. The molecule has 5 nitrogen and oxygen atoms in total. The van der Waals surface area contributed by atoms with Gasteiger partial charge in [-0.15, -0.1) is 0 Å². The molecule has 1 N–H and O–H groups in total. The summed E-state index contributed by atoms with van der Waals surface area (Å²) in [5.41, 5.74) is 0. The molecule has 0 aromatic rings. The Balaban J connectivity index is 3.79. The third kappa shape index (κ3) is 3.22. The average Bonchev–Trinajstić information content (AvgIpc) is 1.63. The van der Waals surface area contributed by atoms with Gasteiger partial charge >= 0.3 is 5.97 Å². The van der Waals surface area contributed by atoms with Gasteiger partial charge in [-0.1, -0.05) is 0 Å². The molecule has 0 radical (unpaired) electrons. The minimum Gasteiger partial charge on any atom is -0.542 e. The smallest absolute Gasteiger partial charge is 0.311 e. The van der Waals surface area contributed by atoms with E-state index in [4.69, 9.17) is 5.11 Å². The van der Waals surface area contributed by atoms with Crippen LogP contribution in [0.25, 0.3) is 0 Å². The van der Waals surface area contributed by atoms with Crippen molar-refractivity contribution in [3.8, 4) is 0 Å². The van der Waals surface area contributed by atoms with Crippen LogP contribution in [0.1, 0.15) is 6.42 Å². The molecule has 0 saturated heterocycles. The van der Waals surface area contributed by atoms with Gasteiger partial charge in [0.2, 0.25) is 0 Å². The number of ketones is 1. The lowest BCUT2D eigenvalue weighted by molar-refractivity contribution is -0.300. The zero-order valence-corrected chi connectivity index (χ0v) is 4.29. The molecule has 5 heteroatoms. The van der Waals surface area contributed by atoms with Gasteiger partial charge in [0, 0.05) is 0 Å². The summed E-state index contributed by atoms with van der Waals surface area (Å²) in [6.45, 7) is 0. The second kappa shape index (κ2) is 2.81. The Morgan fingerprint density at radius 1 is 1.33 bits per heavy atom. The Morgan fingerprint density at radius 2 is 1.78 bits per heavy atom. The van der Waals surface area contributed by atoms with E-state index >= 15 is 0 Å². The maximum Gasteiger partial charge on any atom is 0.311 e. The SMILES string of the molecule is O=C(O)CC(=O)C(=O)[O-]. The van der Waals surface area contributed by atoms with E-state index in [-0.39, 0.29) is 0 Å². The molecule has 0 saturated carbocycles. The van der Waals surface area contributed by atoms with Crippen LogP contribution < -0.4 is 5.11 Å². The number of hydrogen-bond donors (Lipinski definition) is 1. The second-order valence-electron chi connectivity index (χ2n) is 1.28. The van der Waals surface area contributed by atoms with Gasteiger partial charge in [-0.05, 0) is 0 Å². The molecule has 9 heavy (non-hydrogen) atoms. The number of carboxylic acids is 2. The molecule has 0 aromatic carbocycles. The lowest BCUT2D eigenvalue weighted by Gasteiger charge is -1.94. The molecule has 0 atom stereocenters. The van der Waals surface area contributed by atoms with E-state index in [9.17, 15) is 19.5 Å². The highest BCUT2D eigenvalue weighted by Gasteiger charge is 2.06. The van der Waals surface area contributed by atoms with Gasteiger partial charge in [0.1, 0.15) is 12.4 Å². The Labute approximate surface area is 49.9 Å². The van der Waals surface area contributed by atoms with Gasteiger partial charge < -0.3 is 15.0 Å². The number of carbonyl (C=O) groups is 3. The van der Waals surface area contributed by atoms with Crippen molar-refractivity contribution in [2.24, 2.45) is 0 Å². The van der Waals surface area contributed by atoms with Crippen molar-refractivity contribution >= 4 is 17.7 Å². The van der Waals surface area contributed by atoms with Gasteiger partial charge in [0.15, 0.2) is 5.78 Å². The number of Topliss-reactive ketones (excluding diaryl/α,β-unsaturated/α-hetero) is 1. The van der Waals surface area contributed by atoms with Crippen molar-refractivity contribution in [3.05, 3.63) is 0 Å². The van der Waals surface area contributed by atoms with Crippen molar-refractivity contribution < 1.29 is 24.6 Å². The molecule has 0 aliphatic heterocycles. The van der Waals surface area contributed by atoms with Crippen LogP contribution in [0, 0.1) is 0 Å². The first-order chi connectivity index (χ1) is 4.04. The van der Waals surface area contributed by atoms with E-state index in [0.717, 1.165) is 0 Å². The van der Waals surface area contributed by atoms with E-state index in [0.29, 0.717) is 0 Å². The predicted octanol–water partition coefficient (Wildman–Crippen LogP) is -2.22. The highest BCUT2D eigenvalue weighted by atomic mass is 16.4. The van der Waals surface area contributed by atoms with Crippen molar-refractivity contribution in [3.63, 3.8) is 0 Å². The van der Waals surface area contributed by atoms with Crippen LogP contribution >= 0.6 is 0 Å². The standard InChI is InChI=1S/C4H4O5/c5-2(4(8)9)1-3(6)7/h1H2,(H,6,7)(H,8,9)/p-1. The van der Waals surface area contributed by atoms with Gasteiger partial charge in [-0.2, -0.15) is 0 Å². The molecule has 0 heterocycles. The summed E-state index contributed by atoms with van der Waals surface area (Å²) in [6.07, 6.45) is -1.01. The van der Waals surface area contributed by atoms with E-state index < -0.39 is 24.1 Å². The molecule has 0 aliphatic carbocycles. The molecular formula is C4H3O5-. The molecule has 0 fully saturated rings.